The molecular formula is C24H26N4O5S2. The van der Waals surface area contributed by atoms with Crippen LogP contribution in [0.2, 0.25) is 0 Å². The van der Waals surface area contributed by atoms with Crippen LogP contribution in [0.4, 0.5) is 5.69 Å². The molecule has 3 heterocycles. The van der Waals surface area contributed by atoms with E-state index in [0.717, 1.165) is 31.2 Å². The van der Waals surface area contributed by atoms with E-state index in [9.17, 15) is 13.2 Å². The summed E-state index contributed by atoms with van der Waals surface area (Å²) in [6, 6.07) is 12.3. The predicted molar refractivity (Wildman–Crippen MR) is 132 cm³/mol. The number of aromatic nitrogens is 2. The lowest BCUT2D eigenvalue weighted by Gasteiger charge is -2.30. The summed E-state index contributed by atoms with van der Waals surface area (Å²) in [6.07, 6.45) is 3.45. The molecule has 2 aliphatic rings. The molecule has 3 aromatic rings. The van der Waals surface area contributed by atoms with E-state index in [1.807, 2.05) is 12.1 Å². The van der Waals surface area contributed by atoms with Crippen molar-refractivity contribution in [3.05, 3.63) is 58.0 Å². The minimum absolute atomic E-state index is 0.109. The standard InChI is InChI=1S/C24H26N4O5S2/c1-2-4-16-6-9-19(10-7-16)35(30,31)28-12-3-5-17(14-28)23-26-27-24(34-23)22(29)25-18-8-11-20-21(13-18)33-15-32-20/h6-11,13,17H,2-5,12,14-15H2,1H3,(H,25,29)/t17-/m1/s1. The molecule has 1 saturated heterocycles. The van der Waals surface area contributed by atoms with Gasteiger partial charge in [0, 0.05) is 30.8 Å². The Morgan fingerprint density at radius 2 is 1.94 bits per heavy atom. The molecule has 1 amide bonds. The van der Waals surface area contributed by atoms with Crippen molar-refractivity contribution in [1.29, 1.82) is 0 Å². The number of amides is 1. The molecule has 2 aromatic carbocycles. The van der Waals surface area contributed by atoms with Gasteiger partial charge in [0.1, 0.15) is 5.01 Å². The molecule has 5 rings (SSSR count). The van der Waals surface area contributed by atoms with Crippen LogP contribution in [-0.4, -0.2) is 48.7 Å². The molecule has 0 bridgehead atoms. The zero-order valence-corrected chi connectivity index (χ0v) is 20.9. The molecule has 1 fully saturated rings. The molecule has 1 atom stereocenters. The highest BCUT2D eigenvalue weighted by Crippen LogP contribution is 2.35. The van der Waals surface area contributed by atoms with E-state index >= 15 is 0 Å². The monoisotopic (exact) mass is 514 g/mol. The highest BCUT2D eigenvalue weighted by molar-refractivity contribution is 7.89. The number of carbonyl (C=O) groups is 1. The first kappa shape index (κ1) is 23.7. The quantitative estimate of drug-likeness (QED) is 0.507. The lowest BCUT2D eigenvalue weighted by atomic mass is 10.0. The Labute approximate surface area is 208 Å². The number of hydrogen-bond donors (Lipinski definition) is 1. The first-order valence-corrected chi connectivity index (χ1v) is 13.8. The minimum atomic E-state index is -3.60. The fourth-order valence-corrected chi connectivity index (χ4v) is 6.67. The van der Waals surface area contributed by atoms with Gasteiger partial charge in [0.25, 0.3) is 5.91 Å². The summed E-state index contributed by atoms with van der Waals surface area (Å²) in [5, 5.41) is 12.0. The molecule has 0 aliphatic carbocycles. The first-order chi connectivity index (χ1) is 16.9. The van der Waals surface area contributed by atoms with Crippen molar-refractivity contribution < 1.29 is 22.7 Å². The van der Waals surface area contributed by atoms with E-state index in [0.29, 0.717) is 40.2 Å². The summed E-state index contributed by atoms with van der Waals surface area (Å²) < 4.78 is 38.6. The van der Waals surface area contributed by atoms with Crippen molar-refractivity contribution in [1.82, 2.24) is 14.5 Å². The fourth-order valence-electron chi connectivity index (χ4n) is 4.28. The number of aryl methyl sites for hydroxylation is 1. The normalized spacial score (nSPS) is 17.9. The van der Waals surface area contributed by atoms with E-state index in [1.165, 1.54) is 15.6 Å². The Morgan fingerprint density at radius 1 is 1.14 bits per heavy atom. The lowest BCUT2D eigenvalue weighted by molar-refractivity contribution is 0.102. The Bertz CT molecular complexity index is 1320. The molecule has 0 spiro atoms. The molecule has 0 unspecified atom stereocenters. The molecule has 0 radical (unpaired) electrons. The molecule has 35 heavy (non-hydrogen) atoms. The van der Waals surface area contributed by atoms with Gasteiger partial charge in [-0.25, -0.2) is 8.42 Å². The number of fused-ring (bicyclic) bond motifs is 1. The van der Waals surface area contributed by atoms with Gasteiger partial charge in [0.15, 0.2) is 11.5 Å². The third-order valence-corrected chi connectivity index (χ3v) is 9.06. The Morgan fingerprint density at radius 3 is 2.74 bits per heavy atom. The number of hydrogen-bond acceptors (Lipinski definition) is 8. The van der Waals surface area contributed by atoms with Crippen LogP contribution in [0.1, 0.15) is 52.5 Å². The van der Waals surface area contributed by atoms with Gasteiger partial charge in [0.2, 0.25) is 21.8 Å². The minimum Gasteiger partial charge on any atom is -0.454 e. The number of ether oxygens (including phenoxy) is 2. The zero-order chi connectivity index (χ0) is 24.4. The fraction of sp³-hybridized carbons (Fsp3) is 0.375. The van der Waals surface area contributed by atoms with Crippen molar-refractivity contribution in [3.8, 4) is 11.5 Å². The number of piperidine rings is 1. The first-order valence-electron chi connectivity index (χ1n) is 11.6. The highest BCUT2D eigenvalue weighted by atomic mass is 32.2. The molecule has 1 N–H and O–H groups in total. The number of anilines is 1. The summed E-state index contributed by atoms with van der Waals surface area (Å²) >= 11 is 1.20. The third-order valence-electron chi connectivity index (χ3n) is 6.10. The van der Waals surface area contributed by atoms with E-state index < -0.39 is 10.0 Å². The number of sulfonamides is 1. The zero-order valence-electron chi connectivity index (χ0n) is 19.3. The molecular weight excluding hydrogens is 488 g/mol. The maximum Gasteiger partial charge on any atom is 0.286 e. The van der Waals surface area contributed by atoms with Crippen LogP contribution in [0.3, 0.4) is 0 Å². The van der Waals surface area contributed by atoms with Crippen LogP contribution in [0.25, 0.3) is 0 Å². The predicted octanol–water partition coefficient (Wildman–Crippen LogP) is 4.04. The number of nitrogens with zero attached hydrogens (tertiary/aromatic N) is 3. The van der Waals surface area contributed by atoms with E-state index in [2.05, 4.69) is 22.4 Å². The molecule has 2 aliphatic heterocycles. The number of rotatable bonds is 7. The average Bonchev–Trinajstić information content (AvgIpc) is 3.55. The van der Waals surface area contributed by atoms with Gasteiger partial charge in [-0.05, 0) is 49.1 Å². The van der Waals surface area contributed by atoms with Gasteiger partial charge in [-0.1, -0.05) is 36.8 Å². The van der Waals surface area contributed by atoms with E-state index in [-0.39, 0.29) is 23.6 Å². The van der Waals surface area contributed by atoms with Gasteiger partial charge in [-0.15, -0.1) is 10.2 Å². The lowest BCUT2D eigenvalue weighted by Crippen LogP contribution is -2.39. The van der Waals surface area contributed by atoms with Gasteiger partial charge in [-0.3, -0.25) is 4.79 Å². The van der Waals surface area contributed by atoms with Crippen LogP contribution in [0.15, 0.2) is 47.4 Å². The van der Waals surface area contributed by atoms with Gasteiger partial charge in [-0.2, -0.15) is 4.31 Å². The van der Waals surface area contributed by atoms with Crippen molar-refractivity contribution in [3.63, 3.8) is 0 Å². The van der Waals surface area contributed by atoms with Crippen molar-refractivity contribution >= 4 is 33.0 Å². The van der Waals surface area contributed by atoms with Crippen molar-refractivity contribution in [2.45, 2.75) is 43.4 Å². The maximum absolute atomic E-state index is 13.2. The summed E-state index contributed by atoms with van der Waals surface area (Å²) in [5.74, 6) is 0.724. The van der Waals surface area contributed by atoms with Crippen molar-refractivity contribution in [2.75, 3.05) is 25.2 Å². The molecule has 11 heteroatoms. The SMILES string of the molecule is CCCc1ccc(S(=O)(=O)N2CCC[C@@H](c3nnc(C(=O)Nc4ccc5c(c4)OCO5)s3)C2)cc1. The van der Waals surface area contributed by atoms with Crippen LogP contribution in [0.5, 0.6) is 11.5 Å². The third kappa shape index (κ3) is 5.02. The number of carbonyl (C=O) groups excluding carboxylic acids is 1. The molecule has 0 saturated carbocycles. The van der Waals surface area contributed by atoms with Crippen LogP contribution >= 0.6 is 11.3 Å². The van der Waals surface area contributed by atoms with Crippen LogP contribution < -0.4 is 14.8 Å². The summed E-state index contributed by atoms with van der Waals surface area (Å²) in [4.78, 5) is 13.0. The number of benzene rings is 2. The summed E-state index contributed by atoms with van der Waals surface area (Å²) in [7, 11) is -3.60. The Balaban J connectivity index is 1.26. The Kier molecular flexibility index (Phi) is 6.72. The summed E-state index contributed by atoms with van der Waals surface area (Å²) in [6.45, 7) is 3.03. The number of nitrogens with one attached hydrogen (secondary N) is 1. The van der Waals surface area contributed by atoms with Crippen LogP contribution in [0, 0.1) is 0 Å². The van der Waals surface area contributed by atoms with E-state index in [4.69, 9.17) is 9.47 Å². The highest BCUT2D eigenvalue weighted by Gasteiger charge is 2.33. The molecule has 1 aromatic heterocycles. The van der Waals surface area contributed by atoms with E-state index in [1.54, 1.807) is 30.3 Å². The second kappa shape index (κ2) is 9.92. The second-order valence-electron chi connectivity index (χ2n) is 8.56. The average molecular weight is 515 g/mol. The molecule has 9 nitrogen and oxygen atoms in total. The second-order valence-corrected chi connectivity index (χ2v) is 11.5. The van der Waals surface area contributed by atoms with Gasteiger partial charge >= 0.3 is 0 Å². The largest absolute Gasteiger partial charge is 0.454 e. The smallest absolute Gasteiger partial charge is 0.286 e. The van der Waals surface area contributed by atoms with Gasteiger partial charge < -0.3 is 14.8 Å². The van der Waals surface area contributed by atoms with Gasteiger partial charge in [0.05, 0.1) is 4.90 Å². The maximum atomic E-state index is 13.2. The summed E-state index contributed by atoms with van der Waals surface area (Å²) in [5.41, 5.74) is 1.69. The van der Waals surface area contributed by atoms with Crippen molar-refractivity contribution in [2.24, 2.45) is 0 Å². The topological polar surface area (TPSA) is 111 Å². The molecule has 184 valence electrons. The van der Waals surface area contributed by atoms with Crippen LogP contribution in [-0.2, 0) is 16.4 Å². The Hall–Kier alpha value is -3.02.